The molecule has 0 spiro atoms. The van der Waals surface area contributed by atoms with Gasteiger partial charge in [-0.1, -0.05) is 44.2 Å². The molecule has 0 saturated carbocycles. The normalized spacial score (nSPS) is 11.8. The number of imidazole rings is 1. The van der Waals surface area contributed by atoms with Gasteiger partial charge < -0.3 is 4.57 Å². The van der Waals surface area contributed by atoms with E-state index in [1.165, 1.54) is 0 Å². The van der Waals surface area contributed by atoms with Crippen LogP contribution in [0.5, 0.6) is 0 Å². The Morgan fingerprint density at radius 1 is 1.08 bits per heavy atom. The zero-order valence-electron chi connectivity index (χ0n) is 15.0. The number of nitrogens with zero attached hydrogens (tertiary/aromatic N) is 2. The van der Waals surface area contributed by atoms with E-state index in [4.69, 9.17) is 5.14 Å². The fraction of sp³-hybridized carbons (Fsp3) is 0.250. The average molecular weight is 369 g/mol. The third-order valence-electron chi connectivity index (χ3n) is 4.18. The number of hydrogen-bond donors (Lipinski definition) is 1. The molecule has 1 heterocycles. The molecule has 2 N–H and O–H groups in total. The maximum absolute atomic E-state index is 12.0. The second-order valence-corrected chi connectivity index (χ2v) is 8.44. The van der Waals surface area contributed by atoms with Crippen molar-refractivity contribution in [1.29, 1.82) is 0 Å². The Morgan fingerprint density at radius 2 is 1.77 bits per heavy atom. The minimum Gasteiger partial charge on any atom is -0.333 e. The molecular weight excluding hydrogens is 346 g/mol. The lowest BCUT2D eigenvalue weighted by molar-refractivity contribution is 0.598. The second kappa shape index (κ2) is 7.43. The van der Waals surface area contributed by atoms with Gasteiger partial charge in [0.05, 0.1) is 11.2 Å². The van der Waals surface area contributed by atoms with Crippen molar-refractivity contribution < 1.29 is 8.42 Å². The SMILES string of the molecule is CC(C)Cc1ccc(S(N)(=O)=O)c(-c2ccc(Cn3ccnc3)cc2)c1. The number of primary sulfonamides is 1. The lowest BCUT2D eigenvalue weighted by atomic mass is 9.97. The van der Waals surface area contributed by atoms with E-state index in [9.17, 15) is 8.42 Å². The standard InChI is InChI=1S/C20H23N3O2S/c1-15(2)11-17-5-8-20(26(21,24)25)19(12-17)18-6-3-16(4-7-18)13-23-10-9-22-14-23/h3-10,12,14-15H,11,13H2,1-2H3,(H2,21,24,25). The predicted octanol–water partition coefficient (Wildman–Crippen LogP) is 3.44. The molecule has 136 valence electrons. The van der Waals surface area contributed by atoms with Crippen LogP contribution in [0.15, 0.2) is 66.1 Å². The average Bonchev–Trinajstić information content (AvgIpc) is 3.07. The van der Waals surface area contributed by atoms with Crippen LogP contribution < -0.4 is 5.14 Å². The Morgan fingerprint density at radius 3 is 2.35 bits per heavy atom. The van der Waals surface area contributed by atoms with Gasteiger partial charge in [0.2, 0.25) is 10.0 Å². The minimum absolute atomic E-state index is 0.160. The highest BCUT2D eigenvalue weighted by atomic mass is 32.2. The van der Waals surface area contributed by atoms with Crippen LogP contribution in [-0.4, -0.2) is 18.0 Å². The molecule has 26 heavy (non-hydrogen) atoms. The molecule has 0 aliphatic heterocycles. The Kier molecular flexibility index (Phi) is 5.25. The molecule has 0 saturated heterocycles. The molecule has 0 bridgehead atoms. The van der Waals surface area contributed by atoms with E-state index >= 15 is 0 Å². The molecule has 0 atom stereocenters. The van der Waals surface area contributed by atoms with Gasteiger partial charge in [0.1, 0.15) is 0 Å². The predicted molar refractivity (Wildman–Crippen MR) is 103 cm³/mol. The van der Waals surface area contributed by atoms with E-state index < -0.39 is 10.0 Å². The van der Waals surface area contributed by atoms with Crippen molar-refractivity contribution >= 4 is 10.0 Å². The van der Waals surface area contributed by atoms with E-state index in [1.807, 2.05) is 47.2 Å². The summed E-state index contributed by atoms with van der Waals surface area (Å²) in [4.78, 5) is 4.20. The van der Waals surface area contributed by atoms with Crippen LogP contribution in [0.2, 0.25) is 0 Å². The van der Waals surface area contributed by atoms with Crippen LogP contribution in [0.3, 0.4) is 0 Å². The summed E-state index contributed by atoms with van der Waals surface area (Å²) in [5.41, 5.74) is 3.71. The zero-order chi connectivity index (χ0) is 18.7. The first kappa shape index (κ1) is 18.4. The van der Waals surface area contributed by atoms with Crippen molar-refractivity contribution in [2.45, 2.75) is 31.7 Å². The molecule has 3 rings (SSSR count). The van der Waals surface area contributed by atoms with Crippen molar-refractivity contribution in [3.63, 3.8) is 0 Å². The Bertz CT molecular complexity index is 976. The molecule has 5 nitrogen and oxygen atoms in total. The Hall–Kier alpha value is -2.44. The first-order chi connectivity index (χ1) is 12.3. The summed E-state index contributed by atoms with van der Waals surface area (Å²) in [5.74, 6) is 0.487. The van der Waals surface area contributed by atoms with E-state index in [0.717, 1.165) is 29.7 Å². The van der Waals surface area contributed by atoms with Gasteiger partial charge in [0.25, 0.3) is 0 Å². The van der Waals surface area contributed by atoms with Crippen molar-refractivity contribution in [2.75, 3.05) is 0 Å². The molecule has 0 aliphatic carbocycles. The van der Waals surface area contributed by atoms with Crippen molar-refractivity contribution in [3.05, 3.63) is 72.3 Å². The topological polar surface area (TPSA) is 78.0 Å². The van der Waals surface area contributed by atoms with Crippen LogP contribution in [0, 0.1) is 5.92 Å². The maximum Gasteiger partial charge on any atom is 0.238 e. The first-order valence-corrected chi connectivity index (χ1v) is 10.1. The number of rotatable bonds is 6. The summed E-state index contributed by atoms with van der Waals surface area (Å²) in [6.07, 6.45) is 6.30. The van der Waals surface area contributed by atoms with Crippen LogP contribution in [0.4, 0.5) is 0 Å². The van der Waals surface area contributed by atoms with Gasteiger partial charge in [-0.3, -0.25) is 0 Å². The summed E-state index contributed by atoms with van der Waals surface area (Å²) in [6.45, 7) is 4.99. The zero-order valence-corrected chi connectivity index (χ0v) is 15.8. The molecule has 1 aromatic heterocycles. The molecule has 0 fully saturated rings. The molecule has 6 heteroatoms. The van der Waals surface area contributed by atoms with Gasteiger partial charge in [0.15, 0.2) is 0 Å². The van der Waals surface area contributed by atoms with Crippen molar-refractivity contribution in [2.24, 2.45) is 11.1 Å². The quantitative estimate of drug-likeness (QED) is 0.723. The molecule has 0 amide bonds. The van der Waals surface area contributed by atoms with Crippen molar-refractivity contribution in [3.8, 4) is 11.1 Å². The monoisotopic (exact) mass is 369 g/mol. The van der Waals surface area contributed by atoms with Gasteiger partial charge in [-0.2, -0.15) is 0 Å². The van der Waals surface area contributed by atoms with E-state index in [0.29, 0.717) is 11.5 Å². The van der Waals surface area contributed by atoms with Crippen LogP contribution in [0.25, 0.3) is 11.1 Å². The van der Waals surface area contributed by atoms with E-state index in [2.05, 4.69) is 18.8 Å². The molecule has 0 aliphatic rings. The summed E-state index contributed by atoms with van der Waals surface area (Å²) in [5, 5.41) is 5.43. The third-order valence-corrected chi connectivity index (χ3v) is 5.15. The summed E-state index contributed by atoms with van der Waals surface area (Å²) in [6, 6.07) is 13.3. The molecule has 3 aromatic rings. The molecule has 0 unspecified atom stereocenters. The van der Waals surface area contributed by atoms with Gasteiger partial charge in [-0.05, 0) is 41.2 Å². The Balaban J connectivity index is 1.98. The lowest BCUT2D eigenvalue weighted by Crippen LogP contribution is -2.13. The van der Waals surface area contributed by atoms with E-state index in [-0.39, 0.29) is 4.90 Å². The second-order valence-electron chi connectivity index (χ2n) is 6.91. The van der Waals surface area contributed by atoms with Crippen LogP contribution in [-0.2, 0) is 23.0 Å². The lowest BCUT2D eigenvalue weighted by Gasteiger charge is -2.13. The van der Waals surface area contributed by atoms with Gasteiger partial charge in [0, 0.05) is 24.5 Å². The largest absolute Gasteiger partial charge is 0.333 e. The highest BCUT2D eigenvalue weighted by Crippen LogP contribution is 2.29. The van der Waals surface area contributed by atoms with Crippen molar-refractivity contribution in [1.82, 2.24) is 9.55 Å². The number of aromatic nitrogens is 2. The highest BCUT2D eigenvalue weighted by Gasteiger charge is 2.16. The summed E-state index contributed by atoms with van der Waals surface area (Å²) < 4.78 is 26.0. The molecular formula is C20H23N3O2S. The fourth-order valence-electron chi connectivity index (χ4n) is 3.03. The number of hydrogen-bond acceptors (Lipinski definition) is 3. The smallest absolute Gasteiger partial charge is 0.238 e. The maximum atomic E-state index is 12.0. The summed E-state index contributed by atoms with van der Waals surface area (Å²) >= 11 is 0. The number of benzene rings is 2. The first-order valence-electron chi connectivity index (χ1n) is 8.53. The number of nitrogens with two attached hydrogens (primary N) is 1. The van der Waals surface area contributed by atoms with Crippen LogP contribution in [0.1, 0.15) is 25.0 Å². The van der Waals surface area contributed by atoms with E-state index in [1.54, 1.807) is 18.6 Å². The molecule has 2 aromatic carbocycles. The molecule has 0 radical (unpaired) electrons. The van der Waals surface area contributed by atoms with Crippen LogP contribution >= 0.6 is 0 Å². The minimum atomic E-state index is -3.79. The fourth-order valence-corrected chi connectivity index (χ4v) is 3.77. The highest BCUT2D eigenvalue weighted by molar-refractivity contribution is 7.89. The Labute approximate surface area is 154 Å². The van der Waals surface area contributed by atoms with Gasteiger partial charge in [-0.25, -0.2) is 18.5 Å². The van der Waals surface area contributed by atoms with Gasteiger partial charge >= 0.3 is 0 Å². The number of sulfonamides is 1. The summed E-state index contributed by atoms with van der Waals surface area (Å²) in [7, 11) is -3.79. The van der Waals surface area contributed by atoms with Gasteiger partial charge in [-0.15, -0.1) is 0 Å². The third kappa shape index (κ3) is 4.39.